The molecule has 2 atom stereocenters. The number of carbonyl (C=O) groups is 1. The van der Waals surface area contributed by atoms with Gasteiger partial charge < -0.3 is 15.8 Å². The first kappa shape index (κ1) is 16.5. The van der Waals surface area contributed by atoms with Crippen LogP contribution in [0.3, 0.4) is 0 Å². The van der Waals surface area contributed by atoms with E-state index in [0.29, 0.717) is 5.75 Å². The van der Waals surface area contributed by atoms with Gasteiger partial charge in [0.05, 0.1) is 0 Å². The van der Waals surface area contributed by atoms with E-state index in [9.17, 15) is 4.79 Å². The first-order valence-corrected chi connectivity index (χ1v) is 7.07. The molecule has 0 aliphatic heterocycles. The summed E-state index contributed by atoms with van der Waals surface area (Å²) in [5.41, 5.74) is 6.78. The molecule has 0 saturated heterocycles. The third-order valence-corrected chi connectivity index (χ3v) is 2.93. The van der Waals surface area contributed by atoms with Crippen LogP contribution < -0.4 is 15.8 Å². The molecule has 0 aromatic heterocycles. The Balaban J connectivity index is 2.62. The lowest BCUT2D eigenvalue weighted by Gasteiger charge is -2.23. The van der Waals surface area contributed by atoms with Crippen LogP contribution in [0.1, 0.15) is 52.6 Å². The van der Waals surface area contributed by atoms with Crippen molar-refractivity contribution in [3.05, 3.63) is 29.8 Å². The van der Waals surface area contributed by atoms with Crippen LogP contribution in [-0.2, 0) is 4.79 Å². The van der Waals surface area contributed by atoms with E-state index in [1.165, 1.54) is 0 Å². The molecule has 1 rings (SSSR count). The fourth-order valence-electron chi connectivity index (χ4n) is 1.76. The fraction of sp³-hybridized carbons (Fsp3) is 0.562. The Labute approximate surface area is 121 Å². The van der Waals surface area contributed by atoms with E-state index in [4.69, 9.17) is 10.5 Å². The molecule has 4 heteroatoms. The van der Waals surface area contributed by atoms with E-state index in [0.717, 1.165) is 12.0 Å². The summed E-state index contributed by atoms with van der Waals surface area (Å²) in [5.74, 6) is 0.556. The van der Waals surface area contributed by atoms with Gasteiger partial charge in [-0.05, 0) is 51.8 Å². The van der Waals surface area contributed by atoms with Crippen LogP contribution in [0.4, 0.5) is 0 Å². The Morgan fingerprint density at radius 3 is 2.30 bits per heavy atom. The van der Waals surface area contributed by atoms with Gasteiger partial charge in [-0.3, -0.25) is 4.79 Å². The van der Waals surface area contributed by atoms with Gasteiger partial charge >= 0.3 is 0 Å². The molecule has 0 aliphatic carbocycles. The van der Waals surface area contributed by atoms with Gasteiger partial charge in [-0.15, -0.1) is 0 Å². The maximum Gasteiger partial charge on any atom is 0.261 e. The molecule has 0 heterocycles. The maximum absolute atomic E-state index is 11.9. The molecule has 0 fully saturated rings. The molecule has 20 heavy (non-hydrogen) atoms. The highest BCUT2D eigenvalue weighted by molar-refractivity contribution is 5.81. The van der Waals surface area contributed by atoms with Crippen molar-refractivity contribution >= 4 is 5.91 Å². The minimum atomic E-state index is -0.528. The smallest absolute Gasteiger partial charge is 0.261 e. The van der Waals surface area contributed by atoms with Gasteiger partial charge in [0.25, 0.3) is 5.91 Å². The number of carbonyl (C=O) groups excluding carboxylic acids is 1. The number of benzene rings is 1. The van der Waals surface area contributed by atoms with Crippen molar-refractivity contribution in [1.82, 2.24) is 5.32 Å². The molecule has 0 bridgehead atoms. The topological polar surface area (TPSA) is 64.3 Å². The van der Waals surface area contributed by atoms with Crippen molar-refractivity contribution in [2.75, 3.05) is 0 Å². The Kier molecular flexibility index (Phi) is 5.57. The van der Waals surface area contributed by atoms with Crippen LogP contribution in [0.15, 0.2) is 24.3 Å². The zero-order chi connectivity index (χ0) is 15.3. The van der Waals surface area contributed by atoms with E-state index in [1.54, 1.807) is 6.92 Å². The van der Waals surface area contributed by atoms with Crippen LogP contribution in [0.5, 0.6) is 5.75 Å². The summed E-state index contributed by atoms with van der Waals surface area (Å²) in [7, 11) is 0. The standard InChI is InChI=1S/C16H26N2O2/c1-6-14(17)12-7-9-13(10-8-12)20-11(2)15(19)18-16(3,4)5/h7-11,14H,6,17H2,1-5H3,(H,18,19)/t11?,14-/m1/s1. The quantitative estimate of drug-likeness (QED) is 0.870. The van der Waals surface area contributed by atoms with E-state index in [1.807, 2.05) is 52.0 Å². The summed E-state index contributed by atoms with van der Waals surface area (Å²) >= 11 is 0. The van der Waals surface area contributed by atoms with Crippen LogP contribution >= 0.6 is 0 Å². The second-order valence-corrected chi connectivity index (χ2v) is 6.08. The molecule has 4 nitrogen and oxygen atoms in total. The Bertz CT molecular complexity index is 435. The third kappa shape index (κ3) is 5.21. The van der Waals surface area contributed by atoms with Crippen LogP contribution in [0.2, 0.25) is 0 Å². The first-order valence-electron chi connectivity index (χ1n) is 7.07. The molecular formula is C16H26N2O2. The summed E-state index contributed by atoms with van der Waals surface area (Å²) in [6.45, 7) is 9.62. The zero-order valence-electron chi connectivity index (χ0n) is 13.1. The summed E-state index contributed by atoms with van der Waals surface area (Å²) in [6.07, 6.45) is 0.366. The van der Waals surface area contributed by atoms with Gasteiger partial charge in [0.2, 0.25) is 0 Å². The molecule has 3 N–H and O–H groups in total. The molecule has 112 valence electrons. The molecule has 1 unspecified atom stereocenters. The van der Waals surface area contributed by atoms with Gasteiger partial charge in [-0.25, -0.2) is 0 Å². The second kappa shape index (κ2) is 6.75. The lowest BCUT2D eigenvalue weighted by Crippen LogP contribution is -2.46. The van der Waals surface area contributed by atoms with Crippen LogP contribution in [-0.4, -0.2) is 17.6 Å². The van der Waals surface area contributed by atoms with Crippen molar-refractivity contribution < 1.29 is 9.53 Å². The van der Waals surface area contributed by atoms with Gasteiger partial charge in [0.1, 0.15) is 5.75 Å². The number of amides is 1. The maximum atomic E-state index is 11.9. The minimum Gasteiger partial charge on any atom is -0.481 e. The highest BCUT2D eigenvalue weighted by Crippen LogP contribution is 2.19. The number of rotatable bonds is 5. The minimum absolute atomic E-state index is 0.0469. The van der Waals surface area contributed by atoms with Gasteiger partial charge in [0, 0.05) is 11.6 Å². The summed E-state index contributed by atoms with van der Waals surface area (Å²) in [4.78, 5) is 11.9. The van der Waals surface area contributed by atoms with Crippen molar-refractivity contribution in [3.63, 3.8) is 0 Å². The Hall–Kier alpha value is -1.55. The molecule has 0 radical (unpaired) electrons. The highest BCUT2D eigenvalue weighted by Gasteiger charge is 2.20. The number of nitrogens with two attached hydrogens (primary N) is 1. The van der Waals surface area contributed by atoms with Crippen molar-refractivity contribution in [3.8, 4) is 5.75 Å². The van der Waals surface area contributed by atoms with Gasteiger partial charge in [0.15, 0.2) is 6.10 Å². The zero-order valence-corrected chi connectivity index (χ0v) is 13.1. The monoisotopic (exact) mass is 278 g/mol. The van der Waals surface area contributed by atoms with Crippen LogP contribution in [0, 0.1) is 0 Å². The van der Waals surface area contributed by atoms with E-state index in [-0.39, 0.29) is 17.5 Å². The average Bonchev–Trinajstić information content (AvgIpc) is 2.36. The lowest BCUT2D eigenvalue weighted by molar-refractivity contribution is -0.128. The van der Waals surface area contributed by atoms with Crippen molar-refractivity contribution in [2.45, 2.75) is 58.7 Å². The average molecular weight is 278 g/mol. The van der Waals surface area contributed by atoms with Gasteiger partial charge in [-0.2, -0.15) is 0 Å². The fourth-order valence-corrected chi connectivity index (χ4v) is 1.76. The molecule has 1 aromatic carbocycles. The van der Waals surface area contributed by atoms with Gasteiger partial charge in [-0.1, -0.05) is 19.1 Å². The Morgan fingerprint density at radius 1 is 1.30 bits per heavy atom. The molecule has 0 saturated carbocycles. The molecule has 0 spiro atoms. The van der Waals surface area contributed by atoms with Crippen molar-refractivity contribution in [2.24, 2.45) is 5.73 Å². The summed E-state index contributed by atoms with van der Waals surface area (Å²) in [6, 6.07) is 7.64. The molecule has 1 aromatic rings. The van der Waals surface area contributed by atoms with Crippen LogP contribution in [0.25, 0.3) is 0 Å². The van der Waals surface area contributed by atoms with E-state index in [2.05, 4.69) is 5.32 Å². The predicted octanol–water partition coefficient (Wildman–Crippen LogP) is 2.78. The Morgan fingerprint density at radius 2 is 1.85 bits per heavy atom. The molecule has 0 aliphatic rings. The predicted molar refractivity (Wildman–Crippen MR) is 81.6 cm³/mol. The van der Waals surface area contributed by atoms with E-state index >= 15 is 0 Å². The van der Waals surface area contributed by atoms with E-state index < -0.39 is 6.10 Å². The number of ether oxygens (including phenoxy) is 1. The summed E-state index contributed by atoms with van der Waals surface area (Å²) in [5, 5.41) is 2.89. The van der Waals surface area contributed by atoms with Crippen molar-refractivity contribution in [1.29, 1.82) is 0 Å². The number of hydrogen-bond acceptors (Lipinski definition) is 3. The largest absolute Gasteiger partial charge is 0.481 e. The first-order chi connectivity index (χ1) is 9.23. The molecule has 1 amide bonds. The second-order valence-electron chi connectivity index (χ2n) is 6.08. The number of hydrogen-bond donors (Lipinski definition) is 2. The summed E-state index contributed by atoms with van der Waals surface area (Å²) < 4.78 is 5.64. The number of nitrogens with one attached hydrogen (secondary N) is 1. The highest BCUT2D eigenvalue weighted by atomic mass is 16.5. The SMILES string of the molecule is CC[C@@H](N)c1ccc(OC(C)C(=O)NC(C)(C)C)cc1. The third-order valence-electron chi connectivity index (χ3n) is 2.93. The lowest BCUT2D eigenvalue weighted by atomic mass is 10.1. The normalized spacial score (nSPS) is 14.5. The molecular weight excluding hydrogens is 252 g/mol.